The van der Waals surface area contributed by atoms with Crippen molar-refractivity contribution in [2.24, 2.45) is 0 Å². The van der Waals surface area contributed by atoms with Gasteiger partial charge in [-0.15, -0.1) is 11.3 Å². The highest BCUT2D eigenvalue weighted by atomic mass is 32.1. The monoisotopic (exact) mass is 320 g/mol. The number of nitrogens with one attached hydrogen (secondary N) is 1. The van der Waals surface area contributed by atoms with Crippen LogP contribution in [0.3, 0.4) is 0 Å². The summed E-state index contributed by atoms with van der Waals surface area (Å²) in [5, 5.41) is 2.73. The third kappa shape index (κ3) is 2.94. The lowest BCUT2D eigenvalue weighted by Gasteiger charge is -2.04. The number of amides is 1. The van der Waals surface area contributed by atoms with Gasteiger partial charge in [-0.05, 0) is 31.2 Å². The largest absolute Gasteiger partial charge is 0.420 e. The van der Waals surface area contributed by atoms with Gasteiger partial charge in [-0.2, -0.15) is 0 Å². The van der Waals surface area contributed by atoms with Gasteiger partial charge in [-0.1, -0.05) is 0 Å². The lowest BCUT2D eigenvalue weighted by Crippen LogP contribution is -2.30. The van der Waals surface area contributed by atoms with Crippen molar-refractivity contribution in [3.63, 3.8) is 0 Å². The van der Waals surface area contributed by atoms with Crippen molar-refractivity contribution >= 4 is 28.3 Å². The van der Waals surface area contributed by atoms with E-state index in [9.17, 15) is 14.0 Å². The smallest absolute Gasteiger partial charge is 0.408 e. The molecule has 0 saturated carbocycles. The van der Waals surface area contributed by atoms with Crippen LogP contribution in [0.2, 0.25) is 0 Å². The molecule has 0 atom stereocenters. The van der Waals surface area contributed by atoms with E-state index >= 15 is 0 Å². The van der Waals surface area contributed by atoms with Crippen molar-refractivity contribution in [1.29, 1.82) is 0 Å². The van der Waals surface area contributed by atoms with Crippen LogP contribution in [0.15, 0.2) is 39.5 Å². The molecule has 0 bridgehead atoms. The molecular weight excluding hydrogens is 307 g/mol. The summed E-state index contributed by atoms with van der Waals surface area (Å²) in [6.45, 7) is 2.18. The molecule has 0 aliphatic carbocycles. The molecule has 114 valence electrons. The first-order chi connectivity index (χ1) is 10.5. The van der Waals surface area contributed by atoms with Crippen LogP contribution < -0.4 is 11.1 Å². The van der Waals surface area contributed by atoms with E-state index in [4.69, 9.17) is 4.42 Å². The highest BCUT2D eigenvalue weighted by Crippen LogP contribution is 2.15. The zero-order valence-corrected chi connectivity index (χ0v) is 12.6. The summed E-state index contributed by atoms with van der Waals surface area (Å²) in [5.74, 6) is -1.50. The fourth-order valence-corrected chi connectivity index (χ4v) is 2.98. The number of nitrogens with zero attached hydrogens (tertiary/aromatic N) is 1. The van der Waals surface area contributed by atoms with E-state index in [1.165, 1.54) is 18.2 Å². The highest BCUT2D eigenvalue weighted by Gasteiger charge is 2.13. The lowest BCUT2D eigenvalue weighted by molar-refractivity contribution is -0.121. The summed E-state index contributed by atoms with van der Waals surface area (Å²) in [5.41, 5.74) is 0.528. The second-order valence-corrected chi connectivity index (χ2v) is 6.23. The Balaban J connectivity index is 1.75. The summed E-state index contributed by atoms with van der Waals surface area (Å²) >= 11 is 1.59. The Bertz CT molecular complexity index is 894. The molecule has 2 aromatic heterocycles. The van der Waals surface area contributed by atoms with Gasteiger partial charge >= 0.3 is 5.76 Å². The van der Waals surface area contributed by atoms with Crippen LogP contribution in [0, 0.1) is 12.7 Å². The van der Waals surface area contributed by atoms with Gasteiger partial charge in [0, 0.05) is 15.8 Å². The first kappa shape index (κ1) is 14.5. The molecule has 0 radical (unpaired) electrons. The summed E-state index contributed by atoms with van der Waals surface area (Å²) in [6.07, 6.45) is 0. The molecule has 22 heavy (non-hydrogen) atoms. The van der Waals surface area contributed by atoms with E-state index in [-0.39, 0.29) is 23.6 Å². The quantitative estimate of drug-likeness (QED) is 0.803. The maximum absolute atomic E-state index is 13.3. The Hall–Kier alpha value is -2.41. The third-order valence-corrected chi connectivity index (χ3v) is 4.19. The number of aromatic nitrogens is 1. The fourth-order valence-electron chi connectivity index (χ4n) is 2.15. The number of fused-ring (bicyclic) bond motifs is 1. The van der Waals surface area contributed by atoms with Gasteiger partial charge in [0.05, 0.1) is 12.1 Å². The molecule has 1 aromatic carbocycles. The second-order valence-electron chi connectivity index (χ2n) is 4.86. The van der Waals surface area contributed by atoms with Gasteiger partial charge < -0.3 is 9.73 Å². The second kappa shape index (κ2) is 5.76. The molecular formula is C15H13FN2O3S. The molecule has 1 N–H and O–H groups in total. The summed E-state index contributed by atoms with van der Waals surface area (Å²) in [7, 11) is 0. The van der Waals surface area contributed by atoms with Crippen LogP contribution in [0.1, 0.15) is 9.75 Å². The molecule has 0 aliphatic heterocycles. The maximum atomic E-state index is 13.3. The number of carbonyl (C=O) groups excluding carboxylic acids is 1. The van der Waals surface area contributed by atoms with Crippen LogP contribution in [0.5, 0.6) is 0 Å². The molecule has 1 amide bonds. The number of hydrogen-bond donors (Lipinski definition) is 1. The van der Waals surface area contributed by atoms with E-state index in [2.05, 4.69) is 5.32 Å². The Morgan fingerprint density at radius 2 is 2.18 bits per heavy atom. The number of oxazole rings is 1. The summed E-state index contributed by atoms with van der Waals surface area (Å²) in [4.78, 5) is 25.9. The SMILES string of the molecule is Cc1ccc(CNC(=O)Cn2c(=O)oc3ccc(F)cc32)s1. The van der Waals surface area contributed by atoms with Crippen molar-refractivity contribution in [2.45, 2.75) is 20.0 Å². The number of benzene rings is 1. The van der Waals surface area contributed by atoms with E-state index < -0.39 is 11.6 Å². The Kier molecular flexibility index (Phi) is 3.81. The van der Waals surface area contributed by atoms with E-state index in [0.29, 0.717) is 6.54 Å². The third-order valence-electron chi connectivity index (χ3n) is 3.19. The molecule has 2 heterocycles. The minimum atomic E-state index is -0.678. The zero-order chi connectivity index (χ0) is 15.7. The van der Waals surface area contributed by atoms with E-state index in [0.717, 1.165) is 14.3 Å². The molecule has 0 spiro atoms. The first-order valence-electron chi connectivity index (χ1n) is 6.64. The van der Waals surface area contributed by atoms with E-state index in [1.807, 2.05) is 19.1 Å². The molecule has 5 nitrogen and oxygen atoms in total. The molecule has 7 heteroatoms. The van der Waals surface area contributed by atoms with Gasteiger partial charge in [0.15, 0.2) is 5.58 Å². The lowest BCUT2D eigenvalue weighted by atomic mass is 10.3. The number of aryl methyl sites for hydroxylation is 1. The molecule has 0 fully saturated rings. The van der Waals surface area contributed by atoms with Crippen molar-refractivity contribution in [3.05, 3.63) is 56.5 Å². The minimum absolute atomic E-state index is 0.209. The molecule has 0 aliphatic rings. The number of hydrogen-bond acceptors (Lipinski definition) is 4. The topological polar surface area (TPSA) is 64.2 Å². The number of rotatable bonds is 4. The van der Waals surface area contributed by atoms with Gasteiger partial charge in [0.2, 0.25) is 5.91 Å². The van der Waals surface area contributed by atoms with Crippen LogP contribution in [0.25, 0.3) is 11.1 Å². The standard InChI is InChI=1S/C15H13FN2O3S/c1-9-2-4-11(22-9)7-17-14(19)8-18-12-6-10(16)3-5-13(12)21-15(18)20/h2-6H,7-8H2,1H3,(H,17,19). The Morgan fingerprint density at radius 3 is 2.91 bits per heavy atom. The Labute approximate surface area is 129 Å². The first-order valence-corrected chi connectivity index (χ1v) is 7.45. The average molecular weight is 320 g/mol. The fraction of sp³-hybridized carbons (Fsp3) is 0.200. The molecule has 3 aromatic rings. The zero-order valence-electron chi connectivity index (χ0n) is 11.8. The molecule has 0 unspecified atom stereocenters. The highest BCUT2D eigenvalue weighted by molar-refractivity contribution is 7.11. The predicted molar refractivity (Wildman–Crippen MR) is 81.3 cm³/mol. The number of carbonyl (C=O) groups is 1. The normalized spacial score (nSPS) is 11.0. The van der Waals surface area contributed by atoms with Crippen molar-refractivity contribution in [3.8, 4) is 0 Å². The minimum Gasteiger partial charge on any atom is -0.408 e. The van der Waals surface area contributed by atoms with Crippen LogP contribution >= 0.6 is 11.3 Å². The van der Waals surface area contributed by atoms with Gasteiger partial charge in [-0.3, -0.25) is 9.36 Å². The maximum Gasteiger partial charge on any atom is 0.420 e. The average Bonchev–Trinajstić information content (AvgIpc) is 3.02. The number of thiophene rings is 1. The summed E-state index contributed by atoms with van der Waals surface area (Å²) in [6, 6.07) is 7.66. The molecule has 0 saturated heterocycles. The van der Waals surface area contributed by atoms with Crippen LogP contribution in [-0.4, -0.2) is 10.5 Å². The number of halogens is 1. The van der Waals surface area contributed by atoms with Crippen LogP contribution in [0.4, 0.5) is 4.39 Å². The molecule has 3 rings (SSSR count). The summed E-state index contributed by atoms with van der Waals surface area (Å²) < 4.78 is 19.4. The van der Waals surface area contributed by atoms with E-state index in [1.54, 1.807) is 11.3 Å². The van der Waals surface area contributed by atoms with Gasteiger partial charge in [0.25, 0.3) is 0 Å². The van der Waals surface area contributed by atoms with Crippen molar-refractivity contribution in [1.82, 2.24) is 9.88 Å². The van der Waals surface area contributed by atoms with Crippen LogP contribution in [-0.2, 0) is 17.9 Å². The van der Waals surface area contributed by atoms with Gasteiger partial charge in [-0.25, -0.2) is 9.18 Å². The predicted octanol–water partition coefficient (Wildman–Crippen LogP) is 2.42. The van der Waals surface area contributed by atoms with Gasteiger partial charge in [0.1, 0.15) is 12.4 Å². The van der Waals surface area contributed by atoms with Crippen molar-refractivity contribution in [2.75, 3.05) is 0 Å². The van der Waals surface area contributed by atoms with Crippen molar-refractivity contribution < 1.29 is 13.6 Å². The Morgan fingerprint density at radius 1 is 1.36 bits per heavy atom.